The van der Waals surface area contributed by atoms with Gasteiger partial charge in [0.2, 0.25) is 0 Å². The monoisotopic (exact) mass is 672 g/mol. The van der Waals surface area contributed by atoms with Gasteiger partial charge in [-0.3, -0.25) is 0 Å². The van der Waals surface area contributed by atoms with Gasteiger partial charge in [0.15, 0.2) is 0 Å². The van der Waals surface area contributed by atoms with E-state index in [9.17, 15) is 4.39 Å². The van der Waals surface area contributed by atoms with Crippen LogP contribution in [0, 0.1) is 12.7 Å². The molecule has 0 aromatic heterocycles. The minimum Gasteiger partial charge on any atom is -0.481 e. The highest BCUT2D eigenvalue weighted by Crippen LogP contribution is 2.39. The zero-order valence-corrected chi connectivity index (χ0v) is 29.9. The molecule has 0 aliphatic heterocycles. The molecule has 3 rings (SSSR count). The largest absolute Gasteiger partial charge is 0.481 e. The van der Waals surface area contributed by atoms with Crippen molar-refractivity contribution in [2.24, 2.45) is 0 Å². The molecule has 0 aliphatic carbocycles. The molecule has 3 aromatic carbocycles. The highest BCUT2D eigenvalue weighted by Gasteiger charge is 2.34. The quantitative estimate of drug-likeness (QED) is 0.140. The first-order valence-electron chi connectivity index (χ1n) is 15.6. The molecule has 3 aromatic rings. The molecule has 0 saturated carbocycles. The Kier molecular flexibility index (Phi) is 16.9. The first kappa shape index (κ1) is 41.0. The summed E-state index contributed by atoms with van der Waals surface area (Å²) < 4.78 is 20.1. The van der Waals surface area contributed by atoms with Gasteiger partial charge >= 0.3 is 0 Å². The molecule has 0 aliphatic rings. The lowest BCUT2D eigenvalue weighted by Gasteiger charge is -2.38. The summed E-state index contributed by atoms with van der Waals surface area (Å²) in [5.41, 5.74) is 6.81. The number of aliphatic hydroxyl groups is 1. The smallest absolute Gasteiger partial charge is 0.147 e. The molecule has 254 valence electrons. The van der Waals surface area contributed by atoms with Crippen LogP contribution in [0.15, 0.2) is 78.5 Å². The van der Waals surface area contributed by atoms with Crippen LogP contribution in [-0.4, -0.2) is 36.4 Å². The van der Waals surface area contributed by atoms with Crippen LogP contribution < -0.4 is 10.1 Å². The van der Waals surface area contributed by atoms with Crippen LogP contribution in [0.3, 0.4) is 0 Å². The Morgan fingerprint density at radius 3 is 2.17 bits per heavy atom. The fourth-order valence-corrected chi connectivity index (χ4v) is 5.93. The lowest BCUT2D eigenvalue weighted by Crippen LogP contribution is -2.42. The lowest BCUT2D eigenvalue weighted by molar-refractivity contribution is 0.0728. The van der Waals surface area contributed by atoms with Crippen LogP contribution in [0.25, 0.3) is 0 Å². The minimum absolute atomic E-state index is 0. The van der Waals surface area contributed by atoms with E-state index in [0.29, 0.717) is 10.9 Å². The Morgan fingerprint density at radius 1 is 1.00 bits per heavy atom. The predicted molar refractivity (Wildman–Crippen MR) is 198 cm³/mol. The number of aliphatic hydroxyl groups excluding tert-OH is 1. The van der Waals surface area contributed by atoms with Crippen molar-refractivity contribution >= 4 is 28.9 Å². The van der Waals surface area contributed by atoms with Crippen LogP contribution in [-0.2, 0) is 0 Å². The lowest BCUT2D eigenvalue weighted by atomic mass is 9.89. The van der Waals surface area contributed by atoms with Crippen LogP contribution in [0.1, 0.15) is 102 Å². The average Bonchev–Trinajstić information content (AvgIpc) is 3.01. The van der Waals surface area contributed by atoms with E-state index in [-0.39, 0.29) is 25.9 Å². The minimum atomic E-state index is -0.401. The molecule has 0 bridgehead atoms. The molecule has 0 fully saturated rings. The first-order chi connectivity index (χ1) is 21.2. The van der Waals surface area contributed by atoms with Crippen molar-refractivity contribution in [1.82, 2.24) is 4.90 Å². The Hall–Kier alpha value is -2.99. The van der Waals surface area contributed by atoms with Gasteiger partial charge in [-0.25, -0.2) is 4.39 Å². The van der Waals surface area contributed by atoms with Crippen LogP contribution >= 0.6 is 23.2 Å². The Labute approximate surface area is 288 Å². The number of aryl methyl sites for hydroxylation is 1. The molecule has 2 atom stereocenters. The van der Waals surface area contributed by atoms with Gasteiger partial charge in [0.05, 0.1) is 0 Å². The SMILES string of the molecule is C.C=C(N(C)C)C(CC)(CC)Oc1ccc(Cl)cc1C(C)C/C(C)=C/C.Cc1ccc(F)cc1C(C)c1ccc(Cl)cc1NCO. The molecule has 2 unspecified atom stereocenters. The third-order valence-electron chi connectivity index (χ3n) is 8.60. The zero-order chi connectivity index (χ0) is 33.9. The van der Waals surface area contributed by atoms with E-state index in [0.717, 1.165) is 63.7 Å². The van der Waals surface area contributed by atoms with E-state index in [4.69, 9.17) is 33.0 Å². The number of nitrogens with one attached hydrogen (secondary N) is 1. The molecule has 4 nitrogen and oxygen atoms in total. The van der Waals surface area contributed by atoms with Crippen LogP contribution in [0.5, 0.6) is 5.75 Å². The number of rotatable bonds is 13. The van der Waals surface area contributed by atoms with Gasteiger partial charge in [-0.1, -0.05) is 88.7 Å². The predicted octanol–water partition coefficient (Wildman–Crippen LogP) is 11.7. The van der Waals surface area contributed by atoms with Gasteiger partial charge in [-0.15, -0.1) is 0 Å². The fraction of sp³-hybridized carbons (Fsp3) is 0.436. The second-order valence-electron chi connectivity index (χ2n) is 11.9. The molecule has 46 heavy (non-hydrogen) atoms. The van der Waals surface area contributed by atoms with Gasteiger partial charge in [-0.2, -0.15) is 0 Å². The van der Waals surface area contributed by atoms with Crippen molar-refractivity contribution in [1.29, 1.82) is 0 Å². The third kappa shape index (κ3) is 10.8. The number of likely N-dealkylation sites (N-methyl/N-ethyl adjacent to an activating group) is 1. The molecule has 0 amide bonds. The normalized spacial score (nSPS) is 12.7. The highest BCUT2D eigenvalue weighted by atomic mass is 35.5. The zero-order valence-electron chi connectivity index (χ0n) is 28.4. The number of halogens is 3. The maximum absolute atomic E-state index is 13.5. The maximum Gasteiger partial charge on any atom is 0.147 e. The summed E-state index contributed by atoms with van der Waals surface area (Å²) in [6.07, 6.45) is 4.89. The summed E-state index contributed by atoms with van der Waals surface area (Å²) in [4.78, 5) is 2.05. The summed E-state index contributed by atoms with van der Waals surface area (Å²) in [5, 5.41) is 13.3. The van der Waals surface area contributed by atoms with E-state index in [1.54, 1.807) is 24.3 Å². The molecule has 2 N–H and O–H groups in total. The standard InChI is InChI=1S/C22H34ClNO.C16H17ClFNO.CH4/c1-9-16(4)14-17(5)20-15-19(23)12-13-21(20)25-22(10-2,11-3)18(6)24(7)8;1-10-3-5-13(18)8-15(10)11(2)14-6-4-12(17)7-16(14)19-9-20;/h9,12-13,15,17H,6,10-11,14H2,1-5,7-8H3;3-8,11,19-20H,9H2,1-2H3;1H4/b16-9+;;. The molecule has 0 spiro atoms. The van der Waals surface area contributed by atoms with Crippen molar-refractivity contribution < 1.29 is 14.2 Å². The Bertz CT molecular complexity index is 1450. The summed E-state index contributed by atoms with van der Waals surface area (Å²) in [7, 11) is 4.04. The van der Waals surface area contributed by atoms with Crippen molar-refractivity contribution in [3.63, 3.8) is 0 Å². The fourth-order valence-electron chi connectivity index (χ4n) is 5.58. The Morgan fingerprint density at radius 2 is 1.61 bits per heavy atom. The van der Waals surface area contributed by atoms with Crippen LogP contribution in [0.4, 0.5) is 10.1 Å². The number of allylic oxidation sites excluding steroid dienone is 2. The number of hydrogen-bond donors (Lipinski definition) is 2. The van der Waals surface area contributed by atoms with Crippen LogP contribution in [0.2, 0.25) is 10.0 Å². The molecular formula is C39H55Cl2FN2O2. The molecular weight excluding hydrogens is 618 g/mol. The summed E-state index contributed by atoms with van der Waals surface area (Å²) >= 11 is 12.3. The van der Waals surface area contributed by atoms with E-state index < -0.39 is 5.60 Å². The summed E-state index contributed by atoms with van der Waals surface area (Å²) in [6, 6.07) is 16.2. The number of nitrogens with zero attached hydrogens (tertiary/aromatic N) is 1. The number of ether oxygens (including phenoxy) is 1. The number of benzene rings is 3. The Balaban J connectivity index is 0.000000460. The van der Waals surface area contributed by atoms with E-state index >= 15 is 0 Å². The van der Waals surface area contributed by atoms with Gasteiger partial charge in [0.25, 0.3) is 0 Å². The van der Waals surface area contributed by atoms with E-state index in [1.165, 1.54) is 11.6 Å². The van der Waals surface area contributed by atoms with Crippen molar-refractivity contribution in [2.45, 2.75) is 92.6 Å². The van der Waals surface area contributed by atoms with Gasteiger partial charge in [0, 0.05) is 41.4 Å². The first-order valence-corrected chi connectivity index (χ1v) is 16.4. The van der Waals surface area contributed by atoms with E-state index in [2.05, 4.69) is 57.5 Å². The number of hydrogen-bond acceptors (Lipinski definition) is 4. The summed E-state index contributed by atoms with van der Waals surface area (Å²) in [6.45, 7) is 18.9. The molecule has 0 saturated heterocycles. The molecule has 0 heterocycles. The second-order valence-corrected chi connectivity index (χ2v) is 12.7. The average molecular weight is 674 g/mol. The topological polar surface area (TPSA) is 44.7 Å². The maximum atomic E-state index is 13.5. The second kappa shape index (κ2) is 19.0. The van der Waals surface area contributed by atoms with E-state index in [1.807, 2.05) is 52.2 Å². The van der Waals surface area contributed by atoms with Gasteiger partial charge in [-0.05, 0) is 111 Å². The van der Waals surface area contributed by atoms with Gasteiger partial charge < -0.3 is 20.1 Å². The third-order valence-corrected chi connectivity index (χ3v) is 9.07. The molecule has 7 heteroatoms. The summed E-state index contributed by atoms with van der Waals surface area (Å²) in [5.74, 6) is 0.997. The van der Waals surface area contributed by atoms with Crippen molar-refractivity contribution in [3.05, 3.63) is 117 Å². The van der Waals surface area contributed by atoms with Gasteiger partial charge in [0.1, 0.15) is 23.9 Å². The molecule has 0 radical (unpaired) electrons. The van der Waals surface area contributed by atoms with Crippen molar-refractivity contribution in [2.75, 3.05) is 26.1 Å². The number of anilines is 1. The highest BCUT2D eigenvalue weighted by molar-refractivity contribution is 6.31. The van der Waals surface area contributed by atoms with Crippen molar-refractivity contribution in [3.8, 4) is 5.75 Å².